The van der Waals surface area contributed by atoms with Crippen LogP contribution < -0.4 is 10.9 Å². The first-order chi connectivity index (χ1) is 9.93. The number of H-pyrrole nitrogens is 1. The monoisotopic (exact) mass is 326 g/mol. The number of carbonyl (C=O) groups excluding carboxylic acids is 1. The summed E-state index contributed by atoms with van der Waals surface area (Å²) in [7, 11) is 1.25. The van der Waals surface area contributed by atoms with Crippen molar-refractivity contribution in [3.05, 3.63) is 55.9 Å². The molecule has 0 aliphatic heterocycles. The number of methoxy groups -OCH3 is 1. The summed E-state index contributed by atoms with van der Waals surface area (Å²) < 4.78 is 4.68. The fourth-order valence-electron chi connectivity index (χ4n) is 1.76. The number of benzene rings is 1. The zero-order chi connectivity index (χ0) is 15.6. The second kappa shape index (κ2) is 6.20. The van der Waals surface area contributed by atoms with Gasteiger partial charge in [-0.3, -0.25) is 4.79 Å². The third kappa shape index (κ3) is 3.20. The normalized spacial score (nSPS) is 10.3. The molecule has 110 valence electrons. The van der Waals surface area contributed by atoms with E-state index in [1.54, 1.807) is 12.1 Å². The van der Waals surface area contributed by atoms with Crippen molar-refractivity contribution in [3.8, 4) is 0 Å². The smallest absolute Gasteiger partial charge is 0.341 e. The van der Waals surface area contributed by atoms with Crippen molar-refractivity contribution in [1.29, 1.82) is 0 Å². The lowest BCUT2D eigenvalue weighted by atomic mass is 10.1. The molecule has 0 unspecified atom stereocenters. The summed E-state index contributed by atoms with van der Waals surface area (Å²) in [6.07, 6.45) is 1.25. The van der Waals surface area contributed by atoms with Crippen molar-refractivity contribution in [2.24, 2.45) is 0 Å². The first kappa shape index (κ1) is 15.4. The summed E-state index contributed by atoms with van der Waals surface area (Å²) in [5.74, 6) is -0.615. The van der Waals surface area contributed by atoms with Gasteiger partial charge in [-0.05, 0) is 24.6 Å². The third-order valence-corrected chi connectivity index (χ3v) is 3.50. The number of aromatic amines is 1. The van der Waals surface area contributed by atoms with Crippen molar-refractivity contribution in [3.63, 3.8) is 0 Å². The van der Waals surface area contributed by atoms with Crippen LogP contribution in [0.3, 0.4) is 0 Å². The van der Waals surface area contributed by atoms with Crippen LogP contribution in [0.5, 0.6) is 0 Å². The van der Waals surface area contributed by atoms with E-state index >= 15 is 0 Å². The van der Waals surface area contributed by atoms with Crippen molar-refractivity contribution >= 4 is 40.5 Å². The van der Waals surface area contributed by atoms with Crippen molar-refractivity contribution in [2.75, 3.05) is 12.4 Å². The SMILES string of the molecule is COC(=O)c1c[nH]c(=O)c(Cl)c1Nc1cc(Cl)ccc1C. The number of halogens is 2. The van der Waals surface area contributed by atoms with Gasteiger partial charge in [0.05, 0.1) is 12.8 Å². The molecular weight excluding hydrogens is 315 g/mol. The van der Waals surface area contributed by atoms with Gasteiger partial charge in [0.1, 0.15) is 10.6 Å². The lowest BCUT2D eigenvalue weighted by Gasteiger charge is -2.14. The maximum atomic E-state index is 11.8. The molecule has 2 aromatic rings. The molecule has 2 rings (SSSR count). The molecule has 0 aliphatic rings. The van der Waals surface area contributed by atoms with Crippen molar-refractivity contribution < 1.29 is 9.53 Å². The van der Waals surface area contributed by atoms with E-state index in [0.717, 1.165) is 5.56 Å². The van der Waals surface area contributed by atoms with Crippen LogP contribution in [0, 0.1) is 6.92 Å². The van der Waals surface area contributed by atoms with Crippen LogP contribution in [0.2, 0.25) is 10.0 Å². The maximum absolute atomic E-state index is 11.8. The molecule has 2 N–H and O–H groups in total. The molecule has 1 aromatic carbocycles. The van der Waals surface area contributed by atoms with Crippen LogP contribution >= 0.6 is 23.2 Å². The minimum Gasteiger partial charge on any atom is -0.465 e. The molecule has 0 saturated carbocycles. The topological polar surface area (TPSA) is 71.2 Å². The molecule has 5 nitrogen and oxygen atoms in total. The third-order valence-electron chi connectivity index (χ3n) is 2.90. The van der Waals surface area contributed by atoms with E-state index in [2.05, 4.69) is 15.0 Å². The number of aryl methyl sites for hydroxylation is 1. The van der Waals surface area contributed by atoms with Crippen LogP contribution in [0.1, 0.15) is 15.9 Å². The first-order valence-corrected chi connectivity index (χ1v) is 6.72. The predicted octanol–water partition coefficient (Wildman–Crippen LogP) is 3.52. The molecule has 7 heteroatoms. The number of hydrogen-bond donors (Lipinski definition) is 2. The summed E-state index contributed by atoms with van der Waals surface area (Å²) >= 11 is 11.9. The fourth-order valence-corrected chi connectivity index (χ4v) is 2.14. The van der Waals surface area contributed by atoms with Crippen LogP contribution in [-0.2, 0) is 4.74 Å². The lowest BCUT2D eigenvalue weighted by molar-refractivity contribution is 0.0601. The number of nitrogens with one attached hydrogen (secondary N) is 2. The number of esters is 1. The molecule has 0 spiro atoms. The van der Waals surface area contributed by atoms with E-state index in [-0.39, 0.29) is 16.3 Å². The van der Waals surface area contributed by atoms with E-state index in [4.69, 9.17) is 23.2 Å². The zero-order valence-electron chi connectivity index (χ0n) is 11.3. The molecule has 0 radical (unpaired) electrons. The summed E-state index contributed by atoms with van der Waals surface area (Å²) in [5.41, 5.74) is 1.32. The number of hydrogen-bond acceptors (Lipinski definition) is 4. The molecule has 0 bridgehead atoms. The van der Waals surface area contributed by atoms with Crippen molar-refractivity contribution in [1.82, 2.24) is 4.98 Å². The largest absolute Gasteiger partial charge is 0.465 e. The Kier molecular flexibility index (Phi) is 4.55. The molecule has 1 heterocycles. The molecule has 0 amide bonds. The molecule has 21 heavy (non-hydrogen) atoms. The fraction of sp³-hybridized carbons (Fsp3) is 0.143. The Labute approximate surface area is 130 Å². The summed E-state index contributed by atoms with van der Waals surface area (Å²) in [5, 5.41) is 3.36. The predicted molar refractivity (Wildman–Crippen MR) is 82.9 cm³/mol. The molecule has 0 saturated heterocycles. The average Bonchev–Trinajstić information content (AvgIpc) is 2.47. The van der Waals surface area contributed by atoms with Gasteiger partial charge in [-0.2, -0.15) is 0 Å². The minimum absolute atomic E-state index is 0.126. The number of aromatic nitrogens is 1. The van der Waals surface area contributed by atoms with Gasteiger partial charge in [-0.1, -0.05) is 29.3 Å². The van der Waals surface area contributed by atoms with E-state index in [1.165, 1.54) is 13.3 Å². The maximum Gasteiger partial charge on any atom is 0.341 e. The van der Waals surface area contributed by atoms with Crippen LogP contribution in [0.4, 0.5) is 11.4 Å². The quantitative estimate of drug-likeness (QED) is 0.846. The highest BCUT2D eigenvalue weighted by atomic mass is 35.5. The van der Waals surface area contributed by atoms with E-state index in [9.17, 15) is 9.59 Å². The Bertz CT molecular complexity index is 756. The second-order valence-corrected chi connectivity index (χ2v) is 5.11. The first-order valence-electron chi connectivity index (χ1n) is 5.96. The minimum atomic E-state index is -0.615. The number of ether oxygens (including phenoxy) is 1. The van der Waals surface area contributed by atoms with E-state index in [0.29, 0.717) is 10.7 Å². The standard InChI is InChI=1S/C14H12Cl2N2O3/c1-7-3-4-8(15)5-10(7)18-12-9(14(20)21-2)6-17-13(19)11(12)16/h3-6H,1-2H3,(H2,17,18,19). The number of anilines is 2. The highest BCUT2D eigenvalue weighted by Gasteiger charge is 2.18. The molecular formula is C14H12Cl2N2O3. The van der Waals surface area contributed by atoms with E-state index in [1.807, 2.05) is 13.0 Å². The average molecular weight is 327 g/mol. The van der Waals surface area contributed by atoms with Crippen LogP contribution in [0.15, 0.2) is 29.2 Å². The van der Waals surface area contributed by atoms with Gasteiger partial charge in [-0.15, -0.1) is 0 Å². The van der Waals surface area contributed by atoms with Crippen LogP contribution in [-0.4, -0.2) is 18.1 Å². The Hall–Kier alpha value is -1.98. The van der Waals surface area contributed by atoms with Crippen molar-refractivity contribution in [2.45, 2.75) is 6.92 Å². The van der Waals surface area contributed by atoms with Gasteiger partial charge in [-0.25, -0.2) is 4.79 Å². The Morgan fingerprint density at radius 1 is 1.33 bits per heavy atom. The molecule has 0 aliphatic carbocycles. The summed E-state index contributed by atoms with van der Waals surface area (Å²) in [6.45, 7) is 1.86. The van der Waals surface area contributed by atoms with E-state index < -0.39 is 11.5 Å². The van der Waals surface area contributed by atoms with Gasteiger partial charge >= 0.3 is 5.97 Å². The number of carbonyl (C=O) groups is 1. The number of rotatable bonds is 3. The summed E-state index contributed by atoms with van der Waals surface area (Å²) in [6, 6.07) is 5.22. The zero-order valence-corrected chi connectivity index (χ0v) is 12.8. The second-order valence-electron chi connectivity index (χ2n) is 4.30. The Morgan fingerprint density at radius 3 is 2.71 bits per heavy atom. The number of pyridine rings is 1. The van der Waals surface area contributed by atoms with Gasteiger partial charge < -0.3 is 15.0 Å². The highest BCUT2D eigenvalue weighted by molar-refractivity contribution is 6.34. The van der Waals surface area contributed by atoms with Gasteiger partial charge in [0.25, 0.3) is 5.56 Å². The van der Waals surface area contributed by atoms with Gasteiger partial charge in [0.15, 0.2) is 0 Å². The summed E-state index contributed by atoms with van der Waals surface area (Å²) in [4.78, 5) is 25.8. The molecule has 0 fully saturated rings. The van der Waals surface area contributed by atoms with Gasteiger partial charge in [0.2, 0.25) is 0 Å². The Balaban J connectivity index is 2.57. The van der Waals surface area contributed by atoms with Gasteiger partial charge in [0, 0.05) is 16.9 Å². The molecule has 0 atom stereocenters. The lowest BCUT2D eigenvalue weighted by Crippen LogP contribution is -2.15. The molecule has 1 aromatic heterocycles. The Morgan fingerprint density at radius 2 is 2.05 bits per heavy atom. The van der Waals surface area contributed by atoms with Crippen LogP contribution in [0.25, 0.3) is 0 Å². The highest BCUT2D eigenvalue weighted by Crippen LogP contribution is 2.29.